The largest absolute Gasteiger partial charge is 0.355 e. The zero-order valence-corrected chi connectivity index (χ0v) is 9.72. The average molecular weight is 215 g/mol. The Morgan fingerprint density at radius 2 is 1.73 bits per heavy atom. The third kappa shape index (κ3) is 7.93. The molecule has 5 heteroatoms. The van der Waals surface area contributed by atoms with E-state index < -0.39 is 0 Å². The molecule has 0 saturated heterocycles. The first-order chi connectivity index (χ1) is 7.10. The maximum absolute atomic E-state index is 11.3. The summed E-state index contributed by atoms with van der Waals surface area (Å²) in [6, 6.07) is 0.143. The summed E-state index contributed by atoms with van der Waals surface area (Å²) in [5.74, 6) is -0.253. The molecule has 0 aliphatic rings. The summed E-state index contributed by atoms with van der Waals surface area (Å²) in [5, 5.41) is 8.30. The molecule has 0 radical (unpaired) electrons. The van der Waals surface area contributed by atoms with Crippen molar-refractivity contribution in [1.29, 1.82) is 0 Å². The van der Waals surface area contributed by atoms with Gasteiger partial charge in [0.2, 0.25) is 11.8 Å². The molecule has 3 N–H and O–H groups in total. The van der Waals surface area contributed by atoms with Gasteiger partial charge in [0.25, 0.3) is 0 Å². The maximum atomic E-state index is 11.3. The van der Waals surface area contributed by atoms with E-state index in [4.69, 9.17) is 0 Å². The van der Waals surface area contributed by atoms with Crippen molar-refractivity contribution in [2.75, 3.05) is 19.6 Å². The van der Waals surface area contributed by atoms with Gasteiger partial charge < -0.3 is 16.0 Å². The van der Waals surface area contributed by atoms with Crippen molar-refractivity contribution < 1.29 is 9.59 Å². The Morgan fingerprint density at radius 1 is 1.07 bits per heavy atom. The van der Waals surface area contributed by atoms with E-state index in [9.17, 15) is 9.59 Å². The first-order valence-corrected chi connectivity index (χ1v) is 5.36. The topological polar surface area (TPSA) is 70.2 Å². The highest BCUT2D eigenvalue weighted by Crippen LogP contribution is 1.89. The Labute approximate surface area is 91.0 Å². The molecule has 0 heterocycles. The summed E-state index contributed by atoms with van der Waals surface area (Å²) in [7, 11) is 0. The molecule has 0 aromatic rings. The fraction of sp³-hybridized carbons (Fsp3) is 0.800. The van der Waals surface area contributed by atoms with Crippen molar-refractivity contribution in [2.45, 2.75) is 33.2 Å². The molecule has 1 atom stereocenters. The van der Waals surface area contributed by atoms with Crippen molar-refractivity contribution in [3.8, 4) is 0 Å². The van der Waals surface area contributed by atoms with Crippen LogP contribution in [0.3, 0.4) is 0 Å². The number of likely N-dealkylation sites (N-methyl/N-ethyl adjacent to an activating group) is 1. The van der Waals surface area contributed by atoms with Gasteiger partial charge >= 0.3 is 0 Å². The smallest absolute Gasteiger partial charge is 0.239 e. The molecule has 0 aromatic carbocycles. The number of nitrogens with one attached hydrogen (secondary N) is 3. The zero-order valence-electron chi connectivity index (χ0n) is 9.72. The zero-order chi connectivity index (χ0) is 11.7. The maximum Gasteiger partial charge on any atom is 0.239 e. The average Bonchev–Trinajstić information content (AvgIpc) is 2.15. The summed E-state index contributed by atoms with van der Waals surface area (Å²) < 4.78 is 0. The lowest BCUT2D eigenvalue weighted by atomic mass is 10.2. The molecule has 0 aliphatic carbocycles. The molecule has 0 aliphatic heterocycles. The second-order valence-electron chi connectivity index (χ2n) is 3.39. The van der Waals surface area contributed by atoms with E-state index in [1.807, 2.05) is 20.8 Å². The van der Waals surface area contributed by atoms with Crippen molar-refractivity contribution in [1.82, 2.24) is 16.0 Å². The molecule has 88 valence electrons. The molecular formula is C10H21N3O2. The fourth-order valence-electron chi connectivity index (χ4n) is 1.21. The lowest BCUT2D eigenvalue weighted by Crippen LogP contribution is -2.39. The van der Waals surface area contributed by atoms with Crippen LogP contribution in [0, 0.1) is 0 Å². The van der Waals surface area contributed by atoms with Gasteiger partial charge in [0.05, 0.1) is 6.54 Å². The van der Waals surface area contributed by atoms with Crippen LogP contribution in [0.25, 0.3) is 0 Å². The highest BCUT2D eigenvalue weighted by molar-refractivity contribution is 5.84. The Hall–Kier alpha value is -1.10. The van der Waals surface area contributed by atoms with Crippen molar-refractivity contribution in [2.24, 2.45) is 0 Å². The number of carbonyl (C=O) groups is 2. The quantitative estimate of drug-likeness (QED) is 0.542. The predicted molar refractivity (Wildman–Crippen MR) is 59.4 cm³/mol. The summed E-state index contributed by atoms with van der Waals surface area (Å²) in [6.45, 7) is 7.25. The number of hydrogen-bond acceptors (Lipinski definition) is 3. The minimum Gasteiger partial charge on any atom is -0.355 e. The molecule has 0 rings (SSSR count). The van der Waals surface area contributed by atoms with Crippen molar-refractivity contribution >= 4 is 11.8 Å². The van der Waals surface area contributed by atoms with Crippen LogP contribution >= 0.6 is 0 Å². The van der Waals surface area contributed by atoms with E-state index in [0.717, 1.165) is 6.54 Å². The van der Waals surface area contributed by atoms with Crippen LogP contribution < -0.4 is 16.0 Å². The monoisotopic (exact) mass is 215 g/mol. The molecular weight excluding hydrogens is 194 g/mol. The number of rotatable bonds is 7. The highest BCUT2D eigenvalue weighted by atomic mass is 16.2. The third-order valence-corrected chi connectivity index (χ3v) is 1.86. The van der Waals surface area contributed by atoms with E-state index >= 15 is 0 Å². The van der Waals surface area contributed by atoms with E-state index in [2.05, 4.69) is 16.0 Å². The van der Waals surface area contributed by atoms with Gasteiger partial charge in [0.15, 0.2) is 0 Å². The Bertz CT molecular complexity index is 207. The summed E-state index contributed by atoms with van der Waals surface area (Å²) in [4.78, 5) is 22.3. The highest BCUT2D eigenvalue weighted by Gasteiger charge is 2.08. The van der Waals surface area contributed by atoms with Crippen LogP contribution in [0.5, 0.6) is 0 Å². The van der Waals surface area contributed by atoms with Crippen LogP contribution in [0.2, 0.25) is 0 Å². The van der Waals surface area contributed by atoms with Gasteiger partial charge in [0, 0.05) is 19.0 Å². The van der Waals surface area contributed by atoms with Crippen LogP contribution in [-0.4, -0.2) is 37.5 Å². The van der Waals surface area contributed by atoms with Gasteiger partial charge in [-0.1, -0.05) is 6.92 Å². The van der Waals surface area contributed by atoms with Gasteiger partial charge in [-0.3, -0.25) is 9.59 Å². The van der Waals surface area contributed by atoms with Gasteiger partial charge in [-0.05, 0) is 20.4 Å². The lowest BCUT2D eigenvalue weighted by Gasteiger charge is -2.11. The van der Waals surface area contributed by atoms with Gasteiger partial charge in [-0.15, -0.1) is 0 Å². The number of hydrogen-bond donors (Lipinski definition) is 3. The normalized spacial score (nSPS) is 11.9. The predicted octanol–water partition coefficient (Wildman–Crippen LogP) is -0.373. The summed E-state index contributed by atoms with van der Waals surface area (Å²) in [5.41, 5.74) is 0. The Balaban J connectivity index is 3.61. The van der Waals surface area contributed by atoms with Crippen LogP contribution in [-0.2, 0) is 9.59 Å². The first-order valence-electron chi connectivity index (χ1n) is 5.36. The molecule has 0 spiro atoms. The van der Waals surface area contributed by atoms with Crippen molar-refractivity contribution in [3.05, 3.63) is 0 Å². The van der Waals surface area contributed by atoms with E-state index in [0.29, 0.717) is 13.0 Å². The molecule has 2 amide bonds. The molecule has 0 bridgehead atoms. The third-order valence-electron chi connectivity index (χ3n) is 1.86. The van der Waals surface area contributed by atoms with E-state index in [-0.39, 0.29) is 24.4 Å². The Kier molecular flexibility index (Phi) is 7.62. The molecule has 0 aromatic heterocycles. The minimum atomic E-state index is -0.151. The SMILES string of the molecule is CCNC(=O)CNC(=O)CC(C)NCC. The van der Waals surface area contributed by atoms with Gasteiger partial charge in [-0.25, -0.2) is 0 Å². The summed E-state index contributed by atoms with van der Waals surface area (Å²) >= 11 is 0. The van der Waals surface area contributed by atoms with Crippen LogP contribution in [0.15, 0.2) is 0 Å². The van der Waals surface area contributed by atoms with Gasteiger partial charge in [-0.2, -0.15) is 0 Å². The minimum absolute atomic E-state index is 0.0610. The molecule has 1 unspecified atom stereocenters. The molecule has 0 saturated carbocycles. The lowest BCUT2D eigenvalue weighted by molar-refractivity contribution is -0.126. The van der Waals surface area contributed by atoms with Gasteiger partial charge in [0.1, 0.15) is 0 Å². The van der Waals surface area contributed by atoms with Crippen LogP contribution in [0.1, 0.15) is 27.2 Å². The standard InChI is InChI=1S/C10H21N3O2/c1-4-11-8(3)6-9(14)13-7-10(15)12-5-2/h8,11H,4-7H2,1-3H3,(H,12,15)(H,13,14). The second-order valence-corrected chi connectivity index (χ2v) is 3.39. The van der Waals surface area contributed by atoms with E-state index in [1.165, 1.54) is 0 Å². The molecule has 15 heavy (non-hydrogen) atoms. The van der Waals surface area contributed by atoms with Crippen LogP contribution in [0.4, 0.5) is 0 Å². The summed E-state index contributed by atoms with van der Waals surface area (Å²) in [6.07, 6.45) is 0.396. The molecule has 0 fully saturated rings. The number of carbonyl (C=O) groups excluding carboxylic acids is 2. The molecule has 5 nitrogen and oxygen atoms in total. The second kappa shape index (κ2) is 8.23. The fourth-order valence-corrected chi connectivity index (χ4v) is 1.21. The number of amides is 2. The first kappa shape index (κ1) is 13.9. The van der Waals surface area contributed by atoms with Crippen molar-refractivity contribution in [3.63, 3.8) is 0 Å². The van der Waals surface area contributed by atoms with E-state index in [1.54, 1.807) is 0 Å². The Morgan fingerprint density at radius 3 is 2.27 bits per heavy atom.